The molecule has 2 aromatic rings. The highest BCUT2D eigenvalue weighted by Gasteiger charge is 2.30. The predicted octanol–water partition coefficient (Wildman–Crippen LogP) is 3.12. The quantitative estimate of drug-likeness (QED) is 0.915. The summed E-state index contributed by atoms with van der Waals surface area (Å²) in [6, 6.07) is 5.34. The molecule has 0 bridgehead atoms. The fraction of sp³-hybridized carbons (Fsp3) is 0.0909. The van der Waals surface area contributed by atoms with Gasteiger partial charge in [0.1, 0.15) is 11.6 Å². The summed E-state index contributed by atoms with van der Waals surface area (Å²) < 4.78 is 39.5. The van der Waals surface area contributed by atoms with Gasteiger partial charge < -0.3 is 10.1 Å². The van der Waals surface area contributed by atoms with Crippen LogP contribution in [0.1, 0.15) is 0 Å². The van der Waals surface area contributed by atoms with Gasteiger partial charge in [0.15, 0.2) is 0 Å². The fourth-order valence-electron chi connectivity index (χ4n) is 1.25. The summed E-state index contributed by atoms with van der Waals surface area (Å²) >= 11 is 0. The van der Waals surface area contributed by atoms with Crippen LogP contribution in [0.4, 0.5) is 24.7 Å². The number of ether oxygens (including phenoxy) is 1. The molecule has 0 aliphatic heterocycles. The van der Waals surface area contributed by atoms with Gasteiger partial charge in [-0.1, -0.05) is 0 Å². The summed E-state index contributed by atoms with van der Waals surface area (Å²) in [7, 11) is 0. The molecule has 1 N–H and O–H groups in total. The molecule has 18 heavy (non-hydrogen) atoms. The predicted molar refractivity (Wildman–Crippen MR) is 58.4 cm³/mol. The minimum absolute atomic E-state index is 0.271. The van der Waals surface area contributed by atoms with E-state index in [1.54, 1.807) is 0 Å². The molecule has 0 radical (unpaired) electrons. The molecule has 1 aromatic heterocycles. The lowest BCUT2D eigenvalue weighted by molar-refractivity contribution is -0.274. The van der Waals surface area contributed by atoms with Gasteiger partial charge in [0.25, 0.3) is 0 Å². The molecular formula is C11H8F3N3O. The third-order valence-corrected chi connectivity index (χ3v) is 1.92. The lowest BCUT2D eigenvalue weighted by Gasteiger charge is -2.09. The molecule has 0 aliphatic carbocycles. The number of hydrogen-bond acceptors (Lipinski definition) is 4. The van der Waals surface area contributed by atoms with Gasteiger partial charge in [-0.3, -0.25) is 4.98 Å². The molecule has 7 heteroatoms. The summed E-state index contributed by atoms with van der Waals surface area (Å²) in [6.45, 7) is 0. The van der Waals surface area contributed by atoms with Crippen LogP contribution in [0.5, 0.6) is 5.75 Å². The molecule has 4 nitrogen and oxygen atoms in total. The van der Waals surface area contributed by atoms with Crippen molar-refractivity contribution in [3.8, 4) is 5.75 Å². The van der Waals surface area contributed by atoms with Crippen LogP contribution in [0.3, 0.4) is 0 Å². The Morgan fingerprint density at radius 1 is 1.06 bits per heavy atom. The number of benzene rings is 1. The Morgan fingerprint density at radius 3 is 2.33 bits per heavy atom. The third-order valence-electron chi connectivity index (χ3n) is 1.92. The van der Waals surface area contributed by atoms with Gasteiger partial charge >= 0.3 is 6.36 Å². The van der Waals surface area contributed by atoms with E-state index in [1.165, 1.54) is 42.9 Å². The van der Waals surface area contributed by atoms with Gasteiger partial charge in [0, 0.05) is 18.1 Å². The van der Waals surface area contributed by atoms with Gasteiger partial charge in [0.05, 0.1) is 6.20 Å². The van der Waals surface area contributed by atoms with Crippen LogP contribution in [0, 0.1) is 0 Å². The van der Waals surface area contributed by atoms with Gasteiger partial charge in [-0.2, -0.15) is 0 Å². The summed E-state index contributed by atoms with van der Waals surface area (Å²) in [5.41, 5.74) is 0.588. The molecule has 0 amide bonds. The lowest BCUT2D eigenvalue weighted by atomic mass is 10.3. The van der Waals surface area contributed by atoms with E-state index in [4.69, 9.17) is 0 Å². The minimum atomic E-state index is -4.68. The van der Waals surface area contributed by atoms with E-state index in [0.29, 0.717) is 11.5 Å². The largest absolute Gasteiger partial charge is 0.573 e. The van der Waals surface area contributed by atoms with Crippen molar-refractivity contribution in [1.82, 2.24) is 9.97 Å². The first kappa shape index (κ1) is 12.2. The Hall–Kier alpha value is -2.31. The molecule has 0 spiro atoms. The smallest absolute Gasteiger partial charge is 0.406 e. The number of nitrogens with one attached hydrogen (secondary N) is 1. The van der Waals surface area contributed by atoms with Crippen LogP contribution >= 0.6 is 0 Å². The van der Waals surface area contributed by atoms with Crippen LogP contribution in [0.2, 0.25) is 0 Å². The number of aromatic nitrogens is 2. The van der Waals surface area contributed by atoms with Crippen molar-refractivity contribution in [3.63, 3.8) is 0 Å². The maximum absolute atomic E-state index is 11.9. The van der Waals surface area contributed by atoms with E-state index < -0.39 is 6.36 Å². The van der Waals surface area contributed by atoms with Crippen LogP contribution in [0.15, 0.2) is 42.9 Å². The van der Waals surface area contributed by atoms with E-state index in [0.717, 1.165) is 0 Å². The molecule has 0 saturated heterocycles. The first-order chi connectivity index (χ1) is 8.53. The molecular weight excluding hydrogens is 247 g/mol. The van der Waals surface area contributed by atoms with Crippen LogP contribution in [-0.4, -0.2) is 16.3 Å². The van der Waals surface area contributed by atoms with E-state index >= 15 is 0 Å². The molecule has 1 aromatic carbocycles. The van der Waals surface area contributed by atoms with E-state index in [-0.39, 0.29) is 5.75 Å². The van der Waals surface area contributed by atoms with Crippen LogP contribution < -0.4 is 10.1 Å². The maximum atomic E-state index is 11.9. The maximum Gasteiger partial charge on any atom is 0.573 e. The molecule has 0 saturated carbocycles. The summed E-state index contributed by atoms with van der Waals surface area (Å²) in [5.74, 6) is 0.231. The van der Waals surface area contributed by atoms with Crippen molar-refractivity contribution in [2.75, 3.05) is 5.32 Å². The Balaban J connectivity index is 2.04. The highest BCUT2D eigenvalue weighted by Crippen LogP contribution is 2.24. The van der Waals surface area contributed by atoms with Crippen molar-refractivity contribution < 1.29 is 17.9 Å². The molecule has 0 atom stereocenters. The second kappa shape index (κ2) is 4.91. The Labute approximate surface area is 100 Å². The Morgan fingerprint density at radius 2 is 1.78 bits per heavy atom. The van der Waals surface area contributed by atoms with Crippen molar-refractivity contribution in [3.05, 3.63) is 42.9 Å². The number of halogens is 3. The zero-order chi connectivity index (χ0) is 13.0. The molecule has 0 unspecified atom stereocenters. The zero-order valence-electron chi connectivity index (χ0n) is 8.98. The van der Waals surface area contributed by atoms with Crippen molar-refractivity contribution in [1.29, 1.82) is 0 Å². The summed E-state index contributed by atoms with van der Waals surface area (Å²) in [6.07, 6.45) is -0.158. The SMILES string of the molecule is FC(F)(F)Oc1ccc(Nc2cnccn2)cc1. The zero-order valence-corrected chi connectivity index (χ0v) is 8.98. The van der Waals surface area contributed by atoms with Gasteiger partial charge in [-0.05, 0) is 24.3 Å². The van der Waals surface area contributed by atoms with Gasteiger partial charge in [-0.25, -0.2) is 4.98 Å². The van der Waals surface area contributed by atoms with Crippen molar-refractivity contribution in [2.24, 2.45) is 0 Å². The van der Waals surface area contributed by atoms with Crippen molar-refractivity contribution >= 4 is 11.5 Å². The highest BCUT2D eigenvalue weighted by atomic mass is 19.4. The average molecular weight is 255 g/mol. The third kappa shape index (κ3) is 3.62. The second-order valence-electron chi connectivity index (χ2n) is 3.29. The van der Waals surface area contributed by atoms with Crippen LogP contribution in [-0.2, 0) is 0 Å². The number of anilines is 2. The number of alkyl halides is 3. The number of nitrogens with zero attached hydrogens (tertiary/aromatic N) is 2. The van der Waals surface area contributed by atoms with Gasteiger partial charge in [0.2, 0.25) is 0 Å². The second-order valence-corrected chi connectivity index (χ2v) is 3.29. The van der Waals surface area contributed by atoms with E-state index in [9.17, 15) is 13.2 Å². The number of hydrogen-bond donors (Lipinski definition) is 1. The first-order valence-corrected chi connectivity index (χ1v) is 4.92. The topological polar surface area (TPSA) is 47.0 Å². The average Bonchev–Trinajstić information content (AvgIpc) is 2.31. The highest BCUT2D eigenvalue weighted by molar-refractivity contribution is 5.56. The van der Waals surface area contributed by atoms with Crippen LogP contribution in [0.25, 0.3) is 0 Å². The van der Waals surface area contributed by atoms with E-state index in [2.05, 4.69) is 20.0 Å². The first-order valence-electron chi connectivity index (χ1n) is 4.92. The van der Waals surface area contributed by atoms with Gasteiger partial charge in [-0.15, -0.1) is 13.2 Å². The fourth-order valence-corrected chi connectivity index (χ4v) is 1.25. The number of rotatable bonds is 3. The minimum Gasteiger partial charge on any atom is -0.406 e. The van der Waals surface area contributed by atoms with Crippen molar-refractivity contribution in [2.45, 2.75) is 6.36 Å². The summed E-state index contributed by atoms with van der Waals surface area (Å²) in [5, 5.41) is 2.88. The monoisotopic (exact) mass is 255 g/mol. The lowest BCUT2D eigenvalue weighted by Crippen LogP contribution is -2.16. The molecule has 94 valence electrons. The Bertz CT molecular complexity index is 499. The Kier molecular flexibility index (Phi) is 3.31. The molecule has 1 heterocycles. The molecule has 0 fully saturated rings. The summed E-state index contributed by atoms with van der Waals surface area (Å²) in [4.78, 5) is 7.82. The molecule has 2 rings (SSSR count). The van der Waals surface area contributed by atoms with E-state index in [1.807, 2.05) is 0 Å². The normalized spacial score (nSPS) is 11.1. The standard InChI is InChI=1S/C11H8F3N3O/c12-11(13,14)18-9-3-1-8(2-4-9)17-10-7-15-5-6-16-10/h1-7H,(H,16,17). The molecule has 0 aliphatic rings.